The standard InChI is InChI=1S/C15H21N5O5S2/c1-7(15(21)27)23-3-8-10(22-2)11(24-6-26)14(25-8)20-5-19-9-12(16)17-4-18-13(9)20/h4-8,10-11,14-15,21,27H,3H2,1-2H3,(H2,16,17,18). The van der Waals surface area contributed by atoms with E-state index in [0.29, 0.717) is 11.2 Å². The number of rotatable bonds is 8. The second-order valence-corrected chi connectivity index (χ2v) is 6.72. The number of nitrogens with two attached hydrogens (primary N) is 1. The van der Waals surface area contributed by atoms with E-state index in [0.717, 1.165) is 0 Å². The number of imidazole rings is 1. The maximum Gasteiger partial charge on any atom is 0.176 e. The number of hydrogen-bond donors (Lipinski definition) is 3. The molecule has 6 unspecified atom stereocenters. The van der Waals surface area contributed by atoms with E-state index < -0.39 is 36.1 Å². The summed E-state index contributed by atoms with van der Waals surface area (Å²) < 4.78 is 24.6. The fourth-order valence-electron chi connectivity index (χ4n) is 2.95. The molecular formula is C15H21N5O5S2. The average molecular weight is 415 g/mol. The molecule has 0 bridgehead atoms. The van der Waals surface area contributed by atoms with E-state index in [1.807, 2.05) is 0 Å². The summed E-state index contributed by atoms with van der Waals surface area (Å²) in [5.74, 6) is 0.267. The molecule has 6 atom stereocenters. The van der Waals surface area contributed by atoms with Crippen molar-refractivity contribution in [3.8, 4) is 0 Å². The SMILES string of the molecule is COC1C(COC(C)C(O)S)OC(n2cnc3c(N)ncnc32)C1OC=S. The van der Waals surface area contributed by atoms with Crippen LogP contribution in [0.1, 0.15) is 13.2 Å². The first-order valence-electron chi connectivity index (χ1n) is 8.16. The summed E-state index contributed by atoms with van der Waals surface area (Å²) in [5, 5.41) is 9.49. The van der Waals surface area contributed by atoms with E-state index in [1.54, 1.807) is 24.9 Å². The van der Waals surface area contributed by atoms with Gasteiger partial charge in [0, 0.05) is 7.11 Å². The summed E-state index contributed by atoms with van der Waals surface area (Å²) in [7, 11) is 1.55. The van der Waals surface area contributed by atoms with Gasteiger partial charge in [0.25, 0.3) is 0 Å². The van der Waals surface area contributed by atoms with Crippen molar-refractivity contribution in [2.75, 3.05) is 19.5 Å². The number of methoxy groups -OCH3 is 1. The number of fused-ring (bicyclic) bond motifs is 1. The van der Waals surface area contributed by atoms with Gasteiger partial charge in [-0.1, -0.05) is 0 Å². The van der Waals surface area contributed by atoms with Crippen LogP contribution in [0.25, 0.3) is 11.2 Å². The Morgan fingerprint density at radius 1 is 1.44 bits per heavy atom. The Balaban J connectivity index is 1.88. The predicted octanol–water partition coefficient (Wildman–Crippen LogP) is 0.317. The minimum Gasteiger partial charge on any atom is -0.479 e. The van der Waals surface area contributed by atoms with Crippen molar-refractivity contribution < 1.29 is 24.1 Å². The van der Waals surface area contributed by atoms with Crippen LogP contribution in [0.4, 0.5) is 5.82 Å². The van der Waals surface area contributed by atoms with Crippen molar-refractivity contribution in [2.24, 2.45) is 0 Å². The second kappa shape index (κ2) is 8.63. The molecule has 1 aliphatic heterocycles. The molecule has 2 aromatic heterocycles. The lowest BCUT2D eigenvalue weighted by atomic mass is 10.1. The minimum atomic E-state index is -0.909. The Bertz CT molecular complexity index is 791. The van der Waals surface area contributed by atoms with Crippen molar-refractivity contribution in [1.82, 2.24) is 19.5 Å². The number of aliphatic hydroxyl groups excluding tert-OH is 1. The number of aliphatic hydroxyl groups is 1. The fraction of sp³-hybridized carbons (Fsp3) is 0.600. The zero-order valence-electron chi connectivity index (χ0n) is 14.7. The number of anilines is 1. The van der Waals surface area contributed by atoms with Gasteiger partial charge in [0.1, 0.15) is 35.0 Å². The first-order valence-corrected chi connectivity index (χ1v) is 9.14. The van der Waals surface area contributed by atoms with Gasteiger partial charge >= 0.3 is 0 Å². The van der Waals surface area contributed by atoms with Crippen LogP contribution in [0.3, 0.4) is 0 Å². The van der Waals surface area contributed by atoms with Gasteiger partial charge in [0.15, 0.2) is 23.8 Å². The lowest BCUT2D eigenvalue weighted by Gasteiger charge is -2.23. The van der Waals surface area contributed by atoms with Gasteiger partial charge in [0.05, 0.1) is 19.0 Å². The molecule has 2 aromatic rings. The largest absolute Gasteiger partial charge is 0.479 e. The number of nitrogens with zero attached hydrogens (tertiary/aromatic N) is 4. The number of ether oxygens (including phenoxy) is 4. The van der Waals surface area contributed by atoms with Crippen LogP contribution in [0, 0.1) is 0 Å². The molecule has 3 N–H and O–H groups in total. The van der Waals surface area contributed by atoms with E-state index in [1.165, 1.54) is 11.9 Å². The maximum absolute atomic E-state index is 9.49. The van der Waals surface area contributed by atoms with Crippen LogP contribution in [0.2, 0.25) is 0 Å². The normalized spacial score (nSPS) is 27.6. The zero-order valence-corrected chi connectivity index (χ0v) is 16.4. The van der Waals surface area contributed by atoms with Crippen molar-refractivity contribution in [1.29, 1.82) is 0 Å². The second-order valence-electron chi connectivity index (χ2n) is 6.00. The summed E-state index contributed by atoms with van der Waals surface area (Å²) in [5.41, 5.74) is 7.07. The molecule has 10 nitrogen and oxygen atoms in total. The quantitative estimate of drug-likeness (QED) is 0.315. The highest BCUT2D eigenvalue weighted by atomic mass is 32.1. The van der Waals surface area contributed by atoms with Gasteiger partial charge < -0.3 is 29.8 Å². The number of hydrogen-bond acceptors (Lipinski definition) is 11. The summed E-state index contributed by atoms with van der Waals surface area (Å²) in [6, 6.07) is 0. The number of aromatic nitrogens is 4. The van der Waals surface area contributed by atoms with Crippen LogP contribution in [-0.4, -0.2) is 73.7 Å². The Labute approximate surface area is 166 Å². The Kier molecular flexibility index (Phi) is 6.44. The zero-order chi connectivity index (χ0) is 19.6. The third-order valence-corrected chi connectivity index (χ3v) is 4.91. The van der Waals surface area contributed by atoms with Crippen molar-refractivity contribution in [2.45, 2.75) is 43.0 Å². The molecule has 0 saturated carbocycles. The topological polar surface area (TPSA) is 127 Å². The molecule has 27 heavy (non-hydrogen) atoms. The van der Waals surface area contributed by atoms with Crippen LogP contribution >= 0.6 is 24.8 Å². The van der Waals surface area contributed by atoms with E-state index in [2.05, 4.69) is 27.6 Å². The lowest BCUT2D eigenvalue weighted by molar-refractivity contribution is -0.0919. The first-order chi connectivity index (χ1) is 13.0. The van der Waals surface area contributed by atoms with Crippen molar-refractivity contribution >= 4 is 47.4 Å². The Morgan fingerprint density at radius 3 is 2.89 bits per heavy atom. The summed E-state index contributed by atoms with van der Waals surface area (Å²) in [6.07, 6.45) is 0.269. The van der Waals surface area contributed by atoms with Crippen molar-refractivity contribution in [3.05, 3.63) is 12.7 Å². The van der Waals surface area contributed by atoms with Gasteiger partial charge in [-0.3, -0.25) is 4.57 Å². The van der Waals surface area contributed by atoms with E-state index in [9.17, 15) is 5.11 Å². The number of thiol groups is 1. The van der Waals surface area contributed by atoms with E-state index in [-0.39, 0.29) is 12.4 Å². The Morgan fingerprint density at radius 2 is 2.22 bits per heavy atom. The molecular weight excluding hydrogens is 394 g/mol. The number of thiocarbonyl (C=S) groups is 1. The average Bonchev–Trinajstić information content (AvgIpc) is 3.22. The van der Waals surface area contributed by atoms with Gasteiger partial charge in [0.2, 0.25) is 0 Å². The molecule has 0 aromatic carbocycles. The van der Waals surface area contributed by atoms with Crippen LogP contribution in [0.15, 0.2) is 12.7 Å². The molecule has 0 aliphatic carbocycles. The monoisotopic (exact) mass is 415 g/mol. The van der Waals surface area contributed by atoms with Gasteiger partial charge in [-0.15, -0.1) is 12.6 Å². The molecule has 0 amide bonds. The summed E-state index contributed by atoms with van der Waals surface area (Å²) in [6.45, 7) is 1.87. The first kappa shape index (κ1) is 20.2. The molecule has 0 spiro atoms. The molecule has 1 fully saturated rings. The van der Waals surface area contributed by atoms with Gasteiger partial charge in [-0.2, -0.15) is 0 Å². The minimum absolute atomic E-state index is 0.162. The van der Waals surface area contributed by atoms with E-state index >= 15 is 0 Å². The third-order valence-electron chi connectivity index (χ3n) is 4.37. The van der Waals surface area contributed by atoms with Gasteiger partial charge in [-0.05, 0) is 19.1 Å². The highest BCUT2D eigenvalue weighted by Crippen LogP contribution is 2.35. The lowest BCUT2D eigenvalue weighted by Crippen LogP contribution is -2.38. The summed E-state index contributed by atoms with van der Waals surface area (Å²) >= 11 is 8.82. The van der Waals surface area contributed by atoms with Crippen molar-refractivity contribution in [3.63, 3.8) is 0 Å². The number of nitrogen functional groups attached to an aromatic ring is 1. The van der Waals surface area contributed by atoms with Crippen LogP contribution in [-0.2, 0) is 18.9 Å². The highest BCUT2D eigenvalue weighted by molar-refractivity contribution is 7.80. The smallest absolute Gasteiger partial charge is 0.176 e. The molecule has 0 radical (unpaired) electrons. The predicted molar refractivity (Wildman–Crippen MR) is 103 cm³/mol. The molecule has 1 saturated heterocycles. The molecule has 3 rings (SSSR count). The molecule has 1 aliphatic rings. The van der Waals surface area contributed by atoms with E-state index in [4.69, 9.17) is 36.9 Å². The molecule has 12 heteroatoms. The van der Waals surface area contributed by atoms with Gasteiger partial charge in [-0.25, -0.2) is 15.0 Å². The third kappa shape index (κ3) is 4.00. The molecule has 3 heterocycles. The van der Waals surface area contributed by atoms with Crippen LogP contribution in [0.5, 0.6) is 0 Å². The Hall–Kier alpha value is -1.57. The fourth-order valence-corrected chi connectivity index (χ4v) is 3.16. The molecule has 148 valence electrons. The van der Waals surface area contributed by atoms with Crippen LogP contribution < -0.4 is 5.73 Å². The maximum atomic E-state index is 9.49. The summed E-state index contributed by atoms with van der Waals surface area (Å²) in [4.78, 5) is 12.4. The highest BCUT2D eigenvalue weighted by Gasteiger charge is 2.48.